The Bertz CT molecular complexity index is 1100. The molecule has 5 heterocycles. The normalized spacial score (nSPS) is 22.2. The number of pyridine rings is 1. The Morgan fingerprint density at radius 3 is 3.11 bits per heavy atom. The first-order chi connectivity index (χ1) is 13.3. The van der Waals surface area contributed by atoms with Gasteiger partial charge >= 0.3 is 0 Å². The number of hydrogen-bond acceptors (Lipinski definition) is 7. The molecule has 0 saturated carbocycles. The van der Waals surface area contributed by atoms with Crippen molar-refractivity contribution in [3.63, 3.8) is 0 Å². The number of morpholine rings is 1. The van der Waals surface area contributed by atoms with Crippen molar-refractivity contribution in [3.05, 3.63) is 48.4 Å². The minimum atomic E-state index is 0.405. The van der Waals surface area contributed by atoms with E-state index in [-0.39, 0.29) is 0 Å². The van der Waals surface area contributed by atoms with Crippen LogP contribution in [-0.4, -0.2) is 40.2 Å². The van der Waals surface area contributed by atoms with Crippen molar-refractivity contribution >= 4 is 32.7 Å². The zero-order chi connectivity index (χ0) is 17.8. The van der Waals surface area contributed by atoms with Crippen molar-refractivity contribution in [2.24, 2.45) is 0 Å². The predicted molar refractivity (Wildman–Crippen MR) is 102 cm³/mol. The van der Waals surface area contributed by atoms with Crippen molar-refractivity contribution in [3.8, 4) is 10.9 Å². The lowest BCUT2D eigenvalue weighted by Gasteiger charge is -2.25. The van der Waals surface area contributed by atoms with E-state index in [1.54, 1.807) is 6.20 Å². The quantitative estimate of drug-likeness (QED) is 0.530. The molecule has 2 bridgehead atoms. The molecular weight excluding hydrogens is 362 g/mol. The fourth-order valence-electron chi connectivity index (χ4n) is 3.98. The molecule has 7 heteroatoms. The number of nitrogens with zero attached hydrogens (tertiary/aromatic N) is 3. The number of likely N-dealkylation sites (tertiary alicyclic amines) is 1. The van der Waals surface area contributed by atoms with Gasteiger partial charge in [-0.3, -0.25) is 4.90 Å². The summed E-state index contributed by atoms with van der Waals surface area (Å²) in [5.41, 5.74) is 1.59. The van der Waals surface area contributed by atoms with Gasteiger partial charge in [-0.15, -0.1) is 0 Å². The van der Waals surface area contributed by atoms with E-state index in [1.165, 1.54) is 11.3 Å². The average molecular weight is 379 g/mol. The lowest BCUT2D eigenvalue weighted by atomic mass is 10.2. The highest BCUT2D eigenvalue weighted by Gasteiger charge is 2.39. The zero-order valence-corrected chi connectivity index (χ0v) is 15.3. The number of benzene rings is 1. The van der Waals surface area contributed by atoms with Crippen LogP contribution in [0.3, 0.4) is 0 Å². The van der Waals surface area contributed by atoms with Crippen LogP contribution in [0, 0.1) is 0 Å². The monoisotopic (exact) mass is 379 g/mol. The van der Waals surface area contributed by atoms with Gasteiger partial charge in [0.1, 0.15) is 17.1 Å². The van der Waals surface area contributed by atoms with Gasteiger partial charge in [0.25, 0.3) is 5.19 Å². The van der Waals surface area contributed by atoms with E-state index in [4.69, 9.17) is 13.9 Å². The number of hydrogen-bond donors (Lipinski definition) is 0. The summed E-state index contributed by atoms with van der Waals surface area (Å²) in [5.74, 6) is 1.74. The summed E-state index contributed by atoms with van der Waals surface area (Å²) < 4.78 is 18.7. The molecule has 0 aliphatic carbocycles. The highest BCUT2D eigenvalue weighted by molar-refractivity contribution is 7.20. The van der Waals surface area contributed by atoms with E-state index < -0.39 is 0 Å². The Hall–Kier alpha value is -2.48. The molecule has 6 nitrogen and oxygen atoms in total. The maximum atomic E-state index is 6.03. The van der Waals surface area contributed by atoms with Gasteiger partial charge in [-0.05, 0) is 42.8 Å². The van der Waals surface area contributed by atoms with Gasteiger partial charge in [0.05, 0.1) is 24.0 Å². The molecule has 0 N–H and O–H groups in total. The number of thiazole rings is 1. The number of furan rings is 1. The molecule has 6 rings (SSSR count). The van der Waals surface area contributed by atoms with Crippen LogP contribution in [0.25, 0.3) is 21.3 Å². The smallest absolute Gasteiger partial charge is 0.281 e. The summed E-state index contributed by atoms with van der Waals surface area (Å²) in [6, 6.07) is 12.4. The number of rotatable bonds is 4. The van der Waals surface area contributed by atoms with Crippen LogP contribution in [0.5, 0.6) is 10.9 Å². The second kappa shape index (κ2) is 6.02. The molecular formula is C20H17N3O3S. The third-order valence-electron chi connectivity index (χ3n) is 5.26. The maximum Gasteiger partial charge on any atom is 0.281 e. The molecule has 3 aromatic heterocycles. The third kappa shape index (κ3) is 2.79. The lowest BCUT2D eigenvalue weighted by Crippen LogP contribution is -2.36. The van der Waals surface area contributed by atoms with Crippen LogP contribution < -0.4 is 4.74 Å². The van der Waals surface area contributed by atoms with Crippen molar-refractivity contribution in [1.29, 1.82) is 0 Å². The Morgan fingerprint density at radius 1 is 1.26 bits per heavy atom. The molecule has 4 aromatic rings. The largest absolute Gasteiger partial charge is 0.460 e. The molecule has 0 unspecified atom stereocenters. The van der Waals surface area contributed by atoms with Crippen LogP contribution in [0.2, 0.25) is 0 Å². The van der Waals surface area contributed by atoms with Gasteiger partial charge in [0.15, 0.2) is 5.65 Å². The molecule has 0 spiro atoms. The summed E-state index contributed by atoms with van der Waals surface area (Å²) in [6.45, 7) is 2.68. The van der Waals surface area contributed by atoms with Crippen LogP contribution in [0.4, 0.5) is 0 Å². The molecule has 2 saturated heterocycles. The van der Waals surface area contributed by atoms with Crippen molar-refractivity contribution in [1.82, 2.24) is 14.9 Å². The van der Waals surface area contributed by atoms with Gasteiger partial charge in [-0.2, -0.15) is 4.98 Å². The van der Waals surface area contributed by atoms with Crippen LogP contribution in [0.1, 0.15) is 12.2 Å². The van der Waals surface area contributed by atoms with E-state index in [0.717, 1.165) is 53.3 Å². The summed E-state index contributed by atoms with van der Waals surface area (Å²) in [7, 11) is 0. The van der Waals surface area contributed by atoms with Gasteiger partial charge in [0.2, 0.25) is 0 Å². The van der Waals surface area contributed by atoms with Crippen LogP contribution in [-0.2, 0) is 11.3 Å². The lowest BCUT2D eigenvalue weighted by molar-refractivity contribution is 0.0250. The Balaban J connectivity index is 1.24. The van der Waals surface area contributed by atoms with Crippen molar-refractivity contribution in [2.45, 2.75) is 25.1 Å². The Labute approximate surface area is 159 Å². The standard InChI is InChI=1S/C20H17N3O3S/c1-2-18-19(21-5-1)22-20(27-18)26-14-3-4-17-12(6-14)7-16(25-17)10-23-9-15-8-13(23)11-24-15/h1-7,13,15H,8-11H2/t13-,15-/m0/s1. The second-order valence-electron chi connectivity index (χ2n) is 7.09. The Kier molecular flexibility index (Phi) is 3.47. The minimum absolute atomic E-state index is 0.405. The first kappa shape index (κ1) is 15.6. The molecule has 1 aromatic carbocycles. The fraction of sp³-hybridized carbons (Fsp3) is 0.300. The van der Waals surface area contributed by atoms with Crippen molar-refractivity contribution < 1.29 is 13.9 Å². The molecule has 2 aliphatic rings. The summed E-state index contributed by atoms with van der Waals surface area (Å²) in [6.07, 6.45) is 3.29. The second-order valence-corrected chi connectivity index (χ2v) is 8.09. The minimum Gasteiger partial charge on any atom is -0.460 e. The third-order valence-corrected chi connectivity index (χ3v) is 6.15. The zero-order valence-electron chi connectivity index (χ0n) is 14.5. The Morgan fingerprint density at radius 2 is 2.26 bits per heavy atom. The number of ether oxygens (including phenoxy) is 2. The van der Waals surface area contributed by atoms with Gasteiger partial charge in [-0.25, -0.2) is 4.98 Å². The summed E-state index contributed by atoms with van der Waals surface area (Å²) >= 11 is 1.49. The molecule has 0 radical (unpaired) electrons. The maximum absolute atomic E-state index is 6.03. The van der Waals surface area contributed by atoms with Crippen LogP contribution in [0.15, 0.2) is 47.0 Å². The molecule has 2 fully saturated rings. The highest BCUT2D eigenvalue weighted by atomic mass is 32.1. The first-order valence-electron chi connectivity index (χ1n) is 9.08. The predicted octanol–water partition coefficient (Wildman–Crippen LogP) is 4.20. The van der Waals surface area contributed by atoms with Crippen LogP contribution >= 0.6 is 11.3 Å². The average Bonchev–Trinajstić information content (AvgIpc) is 3.43. The molecule has 2 atom stereocenters. The van der Waals surface area contributed by atoms with E-state index in [1.807, 2.05) is 30.3 Å². The topological polar surface area (TPSA) is 60.6 Å². The van der Waals surface area contributed by atoms with Gasteiger partial charge in [-0.1, -0.05) is 11.3 Å². The van der Waals surface area contributed by atoms with Crippen molar-refractivity contribution in [2.75, 3.05) is 13.2 Å². The SMILES string of the molecule is c1cnc2nc(Oc3ccc4oc(CN5C[C@@H]6C[C@H]5CO6)cc4c3)sc2c1. The highest BCUT2D eigenvalue weighted by Crippen LogP contribution is 2.34. The molecule has 27 heavy (non-hydrogen) atoms. The summed E-state index contributed by atoms with van der Waals surface area (Å²) in [4.78, 5) is 11.1. The summed E-state index contributed by atoms with van der Waals surface area (Å²) in [5, 5.41) is 1.64. The number of aromatic nitrogens is 2. The first-order valence-corrected chi connectivity index (χ1v) is 9.89. The van der Waals surface area contributed by atoms with E-state index in [2.05, 4.69) is 20.9 Å². The van der Waals surface area contributed by atoms with Gasteiger partial charge in [0, 0.05) is 24.2 Å². The molecule has 136 valence electrons. The number of fused-ring (bicyclic) bond motifs is 4. The fourth-order valence-corrected chi connectivity index (χ4v) is 4.78. The van der Waals surface area contributed by atoms with E-state index in [9.17, 15) is 0 Å². The van der Waals surface area contributed by atoms with E-state index in [0.29, 0.717) is 23.0 Å². The van der Waals surface area contributed by atoms with Gasteiger partial charge < -0.3 is 13.9 Å². The molecule has 2 aliphatic heterocycles. The molecule has 0 amide bonds. The van der Waals surface area contributed by atoms with E-state index >= 15 is 0 Å².